The lowest BCUT2D eigenvalue weighted by atomic mass is 10.1. The minimum atomic E-state index is -3.49. The molecule has 1 aromatic heterocycles. The number of aromatic nitrogens is 2. The zero-order valence-corrected chi connectivity index (χ0v) is 18.9. The molecular formula is C22H30N4O2S. The molecule has 2 aromatic carbocycles. The summed E-state index contributed by atoms with van der Waals surface area (Å²) in [6.45, 7) is 10.8. The molecule has 0 radical (unpaired) electrons. The fraction of sp³-hybridized carbons (Fsp3) is 0.409. The first-order valence-corrected chi connectivity index (χ1v) is 11.4. The van der Waals surface area contributed by atoms with E-state index >= 15 is 0 Å². The molecule has 3 aromatic rings. The Morgan fingerprint density at radius 1 is 1.03 bits per heavy atom. The van der Waals surface area contributed by atoms with Gasteiger partial charge in [0, 0.05) is 32.9 Å². The van der Waals surface area contributed by atoms with Crippen molar-refractivity contribution in [1.82, 2.24) is 13.9 Å². The number of fused-ring (bicyclic) bond motifs is 1. The van der Waals surface area contributed by atoms with Gasteiger partial charge in [0.25, 0.3) is 0 Å². The lowest BCUT2D eigenvalue weighted by molar-refractivity contribution is 0.521. The van der Waals surface area contributed by atoms with Gasteiger partial charge in [-0.05, 0) is 57.5 Å². The molecule has 0 N–H and O–H groups in total. The predicted molar refractivity (Wildman–Crippen MR) is 119 cm³/mol. The first-order valence-electron chi connectivity index (χ1n) is 9.93. The molecule has 0 spiro atoms. The van der Waals surface area contributed by atoms with Crippen LogP contribution >= 0.6 is 0 Å². The van der Waals surface area contributed by atoms with Gasteiger partial charge in [0.05, 0.1) is 22.5 Å². The van der Waals surface area contributed by atoms with Crippen molar-refractivity contribution in [3.8, 4) is 0 Å². The van der Waals surface area contributed by atoms with E-state index in [2.05, 4.69) is 55.4 Å². The average Bonchev–Trinajstić information content (AvgIpc) is 3.02. The Kier molecular flexibility index (Phi) is 6.00. The average molecular weight is 415 g/mol. The Morgan fingerprint density at radius 3 is 2.34 bits per heavy atom. The van der Waals surface area contributed by atoms with Crippen LogP contribution in [-0.4, -0.2) is 42.9 Å². The van der Waals surface area contributed by atoms with Gasteiger partial charge in [0.15, 0.2) is 0 Å². The van der Waals surface area contributed by atoms with Gasteiger partial charge in [0.2, 0.25) is 10.0 Å². The molecule has 29 heavy (non-hydrogen) atoms. The molecule has 0 aliphatic rings. The quantitative estimate of drug-likeness (QED) is 0.587. The van der Waals surface area contributed by atoms with E-state index in [-0.39, 0.29) is 4.90 Å². The summed E-state index contributed by atoms with van der Waals surface area (Å²) in [7, 11) is -0.405. The summed E-state index contributed by atoms with van der Waals surface area (Å²) in [5.41, 5.74) is 5.35. The fourth-order valence-electron chi connectivity index (χ4n) is 3.70. The molecule has 3 rings (SSSR count). The number of benzene rings is 2. The van der Waals surface area contributed by atoms with Gasteiger partial charge in [-0.1, -0.05) is 17.7 Å². The van der Waals surface area contributed by atoms with Crippen molar-refractivity contribution in [3.63, 3.8) is 0 Å². The topological polar surface area (TPSA) is 58.4 Å². The number of imidazole rings is 1. The molecule has 1 heterocycles. The molecule has 0 unspecified atom stereocenters. The molecule has 156 valence electrons. The molecule has 0 saturated carbocycles. The lowest BCUT2D eigenvalue weighted by Gasteiger charge is -2.25. The second-order valence-electron chi connectivity index (χ2n) is 7.51. The van der Waals surface area contributed by atoms with Crippen LogP contribution in [0.15, 0.2) is 41.3 Å². The van der Waals surface area contributed by atoms with E-state index in [1.165, 1.54) is 21.1 Å². The summed E-state index contributed by atoms with van der Waals surface area (Å²) in [5.74, 6) is 0.934. The van der Waals surface area contributed by atoms with E-state index in [1.807, 2.05) is 6.07 Å². The minimum absolute atomic E-state index is 0.268. The number of hydrogen-bond donors (Lipinski definition) is 0. The molecule has 0 fully saturated rings. The third-order valence-electron chi connectivity index (χ3n) is 5.30. The van der Waals surface area contributed by atoms with E-state index < -0.39 is 10.0 Å². The maximum Gasteiger partial charge on any atom is 0.242 e. The normalized spacial score (nSPS) is 12.1. The standard InChI is InChI=1S/C22H30N4O2S/c1-7-25(20-11-9-16(3)13-17(20)4)15-22-23-19-14-18(29(27,28)24(5)6)10-12-21(19)26(22)8-2/h9-14H,7-8,15H2,1-6H3. The molecule has 0 aliphatic heterocycles. The fourth-order valence-corrected chi connectivity index (χ4v) is 4.62. The van der Waals surface area contributed by atoms with Gasteiger partial charge in [-0.25, -0.2) is 17.7 Å². The zero-order chi connectivity index (χ0) is 21.3. The van der Waals surface area contributed by atoms with Crippen LogP contribution in [0.2, 0.25) is 0 Å². The van der Waals surface area contributed by atoms with Gasteiger partial charge in [-0.3, -0.25) is 0 Å². The van der Waals surface area contributed by atoms with Crippen LogP contribution in [0.5, 0.6) is 0 Å². The van der Waals surface area contributed by atoms with E-state index in [4.69, 9.17) is 4.98 Å². The molecule has 6 nitrogen and oxygen atoms in total. The van der Waals surface area contributed by atoms with Crippen molar-refractivity contribution < 1.29 is 8.42 Å². The number of sulfonamides is 1. The Morgan fingerprint density at radius 2 is 1.76 bits per heavy atom. The second-order valence-corrected chi connectivity index (χ2v) is 9.67. The number of anilines is 1. The van der Waals surface area contributed by atoms with Gasteiger partial charge in [-0.2, -0.15) is 0 Å². The van der Waals surface area contributed by atoms with Crippen molar-refractivity contribution in [2.24, 2.45) is 0 Å². The largest absolute Gasteiger partial charge is 0.364 e. The predicted octanol–water partition coefficient (Wildman–Crippen LogP) is 3.95. The summed E-state index contributed by atoms with van der Waals surface area (Å²) < 4.78 is 28.4. The van der Waals surface area contributed by atoms with Crippen LogP contribution in [0.25, 0.3) is 11.0 Å². The highest BCUT2D eigenvalue weighted by atomic mass is 32.2. The summed E-state index contributed by atoms with van der Waals surface area (Å²) in [5, 5.41) is 0. The number of hydrogen-bond acceptors (Lipinski definition) is 4. The van der Waals surface area contributed by atoms with Crippen LogP contribution < -0.4 is 4.90 Å². The van der Waals surface area contributed by atoms with Crippen LogP contribution in [0.4, 0.5) is 5.69 Å². The first kappa shape index (κ1) is 21.3. The Hall–Kier alpha value is -2.38. The molecular weight excluding hydrogens is 384 g/mol. The highest BCUT2D eigenvalue weighted by Gasteiger charge is 2.20. The van der Waals surface area contributed by atoms with Crippen molar-refractivity contribution in [2.75, 3.05) is 25.5 Å². The van der Waals surface area contributed by atoms with E-state index in [1.54, 1.807) is 26.2 Å². The molecule has 0 atom stereocenters. The Balaban J connectivity index is 2.04. The van der Waals surface area contributed by atoms with Gasteiger partial charge in [0.1, 0.15) is 5.82 Å². The van der Waals surface area contributed by atoms with Crippen LogP contribution in [0, 0.1) is 13.8 Å². The molecule has 0 saturated heterocycles. The zero-order valence-electron chi connectivity index (χ0n) is 18.1. The highest BCUT2D eigenvalue weighted by molar-refractivity contribution is 7.89. The molecule has 0 amide bonds. The van der Waals surface area contributed by atoms with E-state index in [0.29, 0.717) is 12.1 Å². The Bertz CT molecular complexity index is 1130. The van der Waals surface area contributed by atoms with Crippen LogP contribution in [-0.2, 0) is 23.1 Å². The monoisotopic (exact) mass is 414 g/mol. The third-order valence-corrected chi connectivity index (χ3v) is 7.11. The maximum atomic E-state index is 12.5. The van der Waals surface area contributed by atoms with Gasteiger partial charge in [-0.15, -0.1) is 0 Å². The number of rotatable bonds is 7. The summed E-state index contributed by atoms with van der Waals surface area (Å²) in [6.07, 6.45) is 0. The number of aryl methyl sites for hydroxylation is 3. The summed E-state index contributed by atoms with van der Waals surface area (Å²) in [6, 6.07) is 11.7. The second kappa shape index (κ2) is 8.16. The lowest BCUT2D eigenvalue weighted by Crippen LogP contribution is -2.25. The van der Waals surface area contributed by atoms with Crippen molar-refractivity contribution in [1.29, 1.82) is 0 Å². The highest BCUT2D eigenvalue weighted by Crippen LogP contribution is 2.26. The molecule has 7 heteroatoms. The van der Waals surface area contributed by atoms with Crippen molar-refractivity contribution in [2.45, 2.75) is 45.7 Å². The van der Waals surface area contributed by atoms with Crippen molar-refractivity contribution >= 4 is 26.7 Å². The number of nitrogens with zero attached hydrogens (tertiary/aromatic N) is 4. The summed E-state index contributed by atoms with van der Waals surface area (Å²) in [4.78, 5) is 7.39. The SMILES string of the molecule is CCN(Cc1nc2cc(S(=O)(=O)N(C)C)ccc2n1CC)c1ccc(C)cc1C. The third kappa shape index (κ3) is 4.02. The van der Waals surface area contributed by atoms with Crippen LogP contribution in [0.3, 0.4) is 0 Å². The van der Waals surface area contributed by atoms with Crippen molar-refractivity contribution in [3.05, 3.63) is 53.3 Å². The smallest absolute Gasteiger partial charge is 0.242 e. The molecule has 0 bridgehead atoms. The minimum Gasteiger partial charge on any atom is -0.364 e. The summed E-state index contributed by atoms with van der Waals surface area (Å²) >= 11 is 0. The molecule has 0 aliphatic carbocycles. The first-order chi connectivity index (χ1) is 13.7. The van der Waals surface area contributed by atoms with Gasteiger partial charge < -0.3 is 9.47 Å². The maximum absolute atomic E-state index is 12.5. The van der Waals surface area contributed by atoms with E-state index in [9.17, 15) is 8.42 Å². The Labute approximate surface area is 173 Å². The van der Waals surface area contributed by atoms with Gasteiger partial charge >= 0.3 is 0 Å². The van der Waals surface area contributed by atoms with E-state index in [0.717, 1.165) is 24.4 Å². The van der Waals surface area contributed by atoms with Crippen LogP contribution in [0.1, 0.15) is 30.8 Å².